The highest BCUT2D eigenvalue weighted by atomic mass is 16.7. The van der Waals surface area contributed by atoms with E-state index in [0.717, 1.165) is 25.7 Å². The Morgan fingerprint density at radius 3 is 1.97 bits per heavy atom. The fourth-order valence-electron chi connectivity index (χ4n) is 3.41. The number of hydrogen-bond donors (Lipinski definition) is 2. The van der Waals surface area contributed by atoms with E-state index in [4.69, 9.17) is 33.4 Å². The van der Waals surface area contributed by atoms with E-state index in [2.05, 4.69) is 17.6 Å². The van der Waals surface area contributed by atoms with Crippen LogP contribution in [0.5, 0.6) is 0 Å². The molecular formula is C25H47N3O8. The first kappa shape index (κ1) is 32.1. The molecule has 0 radical (unpaired) electrons. The van der Waals surface area contributed by atoms with Crippen LogP contribution in [0.25, 0.3) is 0 Å². The first-order valence-corrected chi connectivity index (χ1v) is 12.7. The zero-order valence-electron chi connectivity index (χ0n) is 23.3. The molecule has 11 nitrogen and oxygen atoms in total. The Labute approximate surface area is 215 Å². The minimum atomic E-state index is -0.751. The third-order valence-corrected chi connectivity index (χ3v) is 4.84. The molecule has 1 aliphatic heterocycles. The van der Waals surface area contributed by atoms with Gasteiger partial charge in [-0.1, -0.05) is 26.2 Å². The van der Waals surface area contributed by atoms with Gasteiger partial charge in [-0.3, -0.25) is 10.6 Å². The van der Waals surface area contributed by atoms with Gasteiger partial charge in [0.1, 0.15) is 18.0 Å². The molecule has 11 heteroatoms. The normalized spacial score (nSPS) is 16.2. The number of alkyl carbamates (subject to hydrolysis) is 2. The molecule has 210 valence electrons. The number of carbonyl (C=O) groups excluding carboxylic acids is 2. The molecule has 0 spiro atoms. The number of aliphatic imine (C=N–C) groups is 1. The van der Waals surface area contributed by atoms with E-state index in [1.54, 1.807) is 48.7 Å². The molecule has 2 N–H and O–H groups in total. The fourth-order valence-corrected chi connectivity index (χ4v) is 3.41. The van der Waals surface area contributed by atoms with E-state index in [0.29, 0.717) is 26.1 Å². The summed E-state index contributed by atoms with van der Waals surface area (Å²) in [6.07, 6.45) is 2.69. The molecule has 2 atom stereocenters. The standard InChI is InChI=1S/C25H47N3O8/c1-9-10-11-12-19(34-17-31-8)18(13-14-20-32-15-16-33-20)26-21(27-22(29)35-24(2,3)4)28-23(30)36-25(5,6)7/h18-20H,9-17H2,1-8H3,(H2,26,27,28,29,30)/t18-,19+/m1/s1. The highest BCUT2D eigenvalue weighted by Crippen LogP contribution is 2.21. The Hall–Kier alpha value is -1.95. The zero-order valence-corrected chi connectivity index (χ0v) is 23.3. The van der Waals surface area contributed by atoms with E-state index in [1.165, 1.54) is 0 Å². The quantitative estimate of drug-likeness (QED) is 0.168. The Morgan fingerprint density at radius 2 is 1.50 bits per heavy atom. The van der Waals surface area contributed by atoms with Gasteiger partial charge in [-0.2, -0.15) is 0 Å². The van der Waals surface area contributed by atoms with Crippen molar-refractivity contribution < 1.29 is 38.0 Å². The Morgan fingerprint density at radius 1 is 0.944 bits per heavy atom. The van der Waals surface area contributed by atoms with Crippen LogP contribution in [0, 0.1) is 0 Å². The van der Waals surface area contributed by atoms with E-state index in [1.807, 2.05) is 0 Å². The van der Waals surface area contributed by atoms with Crippen molar-refractivity contribution >= 4 is 18.1 Å². The highest BCUT2D eigenvalue weighted by Gasteiger charge is 2.28. The number of unbranched alkanes of at least 4 members (excludes halogenated alkanes) is 2. The molecule has 36 heavy (non-hydrogen) atoms. The summed E-state index contributed by atoms with van der Waals surface area (Å²) in [5.74, 6) is -0.0849. The van der Waals surface area contributed by atoms with Crippen molar-refractivity contribution in [2.75, 3.05) is 27.1 Å². The monoisotopic (exact) mass is 517 g/mol. The molecule has 1 aliphatic rings. The van der Waals surface area contributed by atoms with Crippen LogP contribution in [0.15, 0.2) is 4.99 Å². The maximum absolute atomic E-state index is 12.5. The van der Waals surface area contributed by atoms with Crippen molar-refractivity contribution in [1.82, 2.24) is 10.6 Å². The molecule has 0 bridgehead atoms. The topological polar surface area (TPSA) is 126 Å². The van der Waals surface area contributed by atoms with Crippen LogP contribution in [0.4, 0.5) is 9.59 Å². The predicted molar refractivity (Wildman–Crippen MR) is 136 cm³/mol. The lowest BCUT2D eigenvalue weighted by atomic mass is 10.00. The second kappa shape index (κ2) is 16.0. The number of guanidine groups is 1. The smallest absolute Gasteiger partial charge is 0.414 e. The maximum Gasteiger partial charge on any atom is 0.414 e. The molecule has 1 heterocycles. The Kier molecular flexibility index (Phi) is 14.3. The van der Waals surface area contributed by atoms with Gasteiger partial charge in [0, 0.05) is 13.5 Å². The van der Waals surface area contributed by atoms with Gasteiger partial charge in [0.15, 0.2) is 6.29 Å². The average Bonchev–Trinajstić information content (AvgIpc) is 3.24. The van der Waals surface area contributed by atoms with E-state index in [-0.39, 0.29) is 25.1 Å². The second-order valence-corrected chi connectivity index (χ2v) is 10.7. The fraction of sp³-hybridized carbons (Fsp3) is 0.880. The molecule has 0 unspecified atom stereocenters. The molecule has 0 aromatic rings. The van der Waals surface area contributed by atoms with Crippen LogP contribution in [-0.4, -0.2) is 74.9 Å². The summed E-state index contributed by atoms with van der Waals surface area (Å²) in [5, 5.41) is 5.11. The van der Waals surface area contributed by atoms with Crippen LogP contribution in [0.2, 0.25) is 0 Å². The number of hydrogen-bond acceptors (Lipinski definition) is 9. The summed E-state index contributed by atoms with van der Waals surface area (Å²) >= 11 is 0. The first-order valence-electron chi connectivity index (χ1n) is 12.7. The summed E-state index contributed by atoms with van der Waals surface area (Å²) in [7, 11) is 1.56. The number of rotatable bonds is 12. The average molecular weight is 518 g/mol. The Balaban J connectivity index is 3.21. The van der Waals surface area contributed by atoms with Gasteiger partial charge in [-0.15, -0.1) is 0 Å². The molecule has 0 saturated carbocycles. The summed E-state index contributed by atoms with van der Waals surface area (Å²) in [5.41, 5.74) is -1.47. The van der Waals surface area contributed by atoms with Gasteiger partial charge in [-0.05, 0) is 54.4 Å². The van der Waals surface area contributed by atoms with Gasteiger partial charge in [-0.25, -0.2) is 14.6 Å². The van der Waals surface area contributed by atoms with Gasteiger partial charge in [0.25, 0.3) is 0 Å². The van der Waals surface area contributed by atoms with Crippen molar-refractivity contribution in [2.45, 2.75) is 117 Å². The number of nitrogens with one attached hydrogen (secondary N) is 2. The largest absolute Gasteiger partial charge is 0.444 e. The number of nitrogens with zero attached hydrogens (tertiary/aromatic N) is 1. The molecule has 2 amide bonds. The molecule has 1 rings (SSSR count). The van der Waals surface area contributed by atoms with E-state index < -0.39 is 29.4 Å². The van der Waals surface area contributed by atoms with Crippen LogP contribution in [-0.2, 0) is 28.4 Å². The van der Waals surface area contributed by atoms with Gasteiger partial charge in [0.2, 0.25) is 5.96 Å². The summed E-state index contributed by atoms with van der Waals surface area (Å²) in [6, 6.07) is -0.440. The minimum Gasteiger partial charge on any atom is -0.444 e. The third kappa shape index (κ3) is 15.2. The van der Waals surface area contributed by atoms with Crippen molar-refractivity contribution in [3.05, 3.63) is 0 Å². The first-order chi connectivity index (χ1) is 16.8. The van der Waals surface area contributed by atoms with Crippen LogP contribution in [0.1, 0.15) is 87.0 Å². The van der Waals surface area contributed by atoms with Gasteiger partial charge >= 0.3 is 12.2 Å². The molecule has 0 aromatic carbocycles. The van der Waals surface area contributed by atoms with Crippen molar-refractivity contribution in [3.63, 3.8) is 0 Å². The van der Waals surface area contributed by atoms with Gasteiger partial charge < -0.3 is 28.4 Å². The van der Waals surface area contributed by atoms with Crippen LogP contribution in [0.3, 0.4) is 0 Å². The van der Waals surface area contributed by atoms with Gasteiger partial charge in [0.05, 0.1) is 25.4 Å². The lowest BCUT2D eigenvalue weighted by molar-refractivity contribution is -0.0883. The molecule has 0 aliphatic carbocycles. The number of amides is 2. The number of ether oxygens (including phenoxy) is 6. The van der Waals surface area contributed by atoms with Crippen molar-refractivity contribution in [3.8, 4) is 0 Å². The molecule has 1 saturated heterocycles. The lowest BCUT2D eigenvalue weighted by Gasteiger charge is -2.27. The molecule has 0 aromatic heterocycles. The molecular weight excluding hydrogens is 470 g/mol. The Bertz CT molecular complexity index is 650. The SMILES string of the molecule is CCCCC[C@H](OCOC)[C@@H](CCC1OCCO1)N=C(NC(=O)OC(C)(C)C)NC(=O)OC(C)(C)C. The second-order valence-electron chi connectivity index (χ2n) is 10.7. The van der Waals surface area contributed by atoms with E-state index in [9.17, 15) is 9.59 Å². The van der Waals surface area contributed by atoms with Crippen molar-refractivity contribution in [2.24, 2.45) is 4.99 Å². The van der Waals surface area contributed by atoms with E-state index >= 15 is 0 Å². The van der Waals surface area contributed by atoms with Crippen LogP contribution >= 0.6 is 0 Å². The lowest BCUT2D eigenvalue weighted by Crippen LogP contribution is -2.48. The maximum atomic E-state index is 12.5. The highest BCUT2D eigenvalue weighted by molar-refractivity contribution is 6.01. The summed E-state index contributed by atoms with van der Waals surface area (Å²) < 4.78 is 33.0. The molecule has 1 fully saturated rings. The number of methoxy groups -OCH3 is 1. The zero-order chi connectivity index (χ0) is 27.2. The van der Waals surface area contributed by atoms with Crippen molar-refractivity contribution in [1.29, 1.82) is 0 Å². The number of carbonyl (C=O) groups is 2. The summed E-state index contributed by atoms with van der Waals surface area (Å²) in [4.78, 5) is 29.8. The third-order valence-electron chi connectivity index (χ3n) is 4.84. The predicted octanol–water partition coefficient (Wildman–Crippen LogP) is 4.48. The van der Waals surface area contributed by atoms with Crippen LogP contribution < -0.4 is 10.6 Å². The minimum absolute atomic E-state index is 0.0849. The summed E-state index contributed by atoms with van der Waals surface area (Å²) in [6.45, 7) is 13.8.